The average molecular weight is 238 g/mol. The Labute approximate surface area is 96.5 Å². The molecule has 0 bridgehead atoms. The summed E-state index contributed by atoms with van der Waals surface area (Å²) < 4.78 is 26.3. The normalized spacial score (nSPS) is 12.9. The van der Waals surface area contributed by atoms with Crippen LogP contribution >= 0.6 is 0 Å². The van der Waals surface area contributed by atoms with Gasteiger partial charge in [-0.2, -0.15) is 0 Å². The van der Waals surface area contributed by atoms with E-state index in [1.54, 1.807) is 7.05 Å². The molecule has 0 aliphatic rings. The molecular weight excluding hydrogens is 226 g/mol. The number of hydrogen-bond donors (Lipinski definition) is 2. The first-order valence-corrected chi connectivity index (χ1v) is 5.22. The number of fused-ring (bicyclic) bond motifs is 1. The molecule has 1 unspecified atom stereocenters. The molecule has 0 saturated heterocycles. The predicted molar refractivity (Wildman–Crippen MR) is 62.0 cm³/mol. The second-order valence-corrected chi connectivity index (χ2v) is 3.90. The Morgan fingerprint density at radius 2 is 1.82 bits per heavy atom. The Kier molecular flexibility index (Phi) is 2.93. The van der Waals surface area contributed by atoms with Gasteiger partial charge < -0.3 is 10.3 Å². The van der Waals surface area contributed by atoms with Gasteiger partial charge in [-0.15, -0.1) is 0 Å². The first kappa shape index (κ1) is 11.7. The molecule has 0 radical (unpaired) electrons. The Bertz CT molecular complexity index is 622. The molecule has 90 valence electrons. The molecule has 0 fully saturated rings. The van der Waals surface area contributed by atoms with Crippen molar-refractivity contribution in [2.45, 2.75) is 13.0 Å². The molecule has 2 N–H and O–H groups in total. The summed E-state index contributed by atoms with van der Waals surface area (Å²) in [6.07, 6.45) is 1.52. The monoisotopic (exact) mass is 238 g/mol. The van der Waals surface area contributed by atoms with Crippen LogP contribution in [0.2, 0.25) is 0 Å². The molecule has 0 aliphatic carbocycles. The topological polar surface area (TPSA) is 44.9 Å². The molecule has 1 heterocycles. The number of aromatic nitrogens is 1. The SMILES string of the molecule is CNC(C)c1c[nH]c(=O)c2cc(F)c(F)cc12. The van der Waals surface area contributed by atoms with Gasteiger partial charge in [0.15, 0.2) is 11.6 Å². The Hall–Kier alpha value is -1.75. The first-order valence-electron chi connectivity index (χ1n) is 5.22. The van der Waals surface area contributed by atoms with E-state index in [2.05, 4.69) is 10.3 Å². The molecule has 0 amide bonds. The Morgan fingerprint density at radius 3 is 2.41 bits per heavy atom. The third-order valence-corrected chi connectivity index (χ3v) is 2.87. The molecule has 17 heavy (non-hydrogen) atoms. The fourth-order valence-corrected chi connectivity index (χ4v) is 1.79. The molecule has 1 atom stereocenters. The molecule has 5 heteroatoms. The van der Waals surface area contributed by atoms with Crippen molar-refractivity contribution in [3.8, 4) is 0 Å². The highest BCUT2D eigenvalue weighted by molar-refractivity contribution is 5.85. The van der Waals surface area contributed by atoms with E-state index in [0.29, 0.717) is 5.39 Å². The molecule has 0 saturated carbocycles. The van der Waals surface area contributed by atoms with E-state index in [9.17, 15) is 13.6 Å². The van der Waals surface area contributed by atoms with Crippen molar-refractivity contribution in [3.63, 3.8) is 0 Å². The summed E-state index contributed by atoms with van der Waals surface area (Å²) in [7, 11) is 1.75. The number of benzene rings is 1. The fraction of sp³-hybridized carbons (Fsp3) is 0.250. The average Bonchev–Trinajstić information content (AvgIpc) is 2.31. The summed E-state index contributed by atoms with van der Waals surface area (Å²) in [6.45, 7) is 1.87. The highest BCUT2D eigenvalue weighted by atomic mass is 19.2. The van der Waals surface area contributed by atoms with Crippen molar-refractivity contribution in [2.75, 3.05) is 7.05 Å². The van der Waals surface area contributed by atoms with Gasteiger partial charge in [0.25, 0.3) is 5.56 Å². The molecule has 1 aromatic heterocycles. The van der Waals surface area contributed by atoms with Crippen LogP contribution in [0.5, 0.6) is 0 Å². The summed E-state index contributed by atoms with van der Waals surface area (Å²) in [4.78, 5) is 14.1. The smallest absolute Gasteiger partial charge is 0.255 e. The van der Waals surface area contributed by atoms with Crippen LogP contribution in [-0.2, 0) is 0 Å². The number of rotatable bonds is 2. The standard InChI is InChI=1S/C12H12F2N2O/c1-6(15-2)9-5-16-12(17)8-4-11(14)10(13)3-7(8)9/h3-6,15H,1-2H3,(H,16,17). The summed E-state index contributed by atoms with van der Waals surface area (Å²) in [6, 6.07) is 1.91. The van der Waals surface area contributed by atoms with Crippen molar-refractivity contribution in [3.05, 3.63) is 45.9 Å². The van der Waals surface area contributed by atoms with E-state index in [-0.39, 0.29) is 11.4 Å². The second-order valence-electron chi connectivity index (χ2n) is 3.90. The predicted octanol–water partition coefficient (Wildman–Crippen LogP) is 2.09. The van der Waals surface area contributed by atoms with Crippen molar-refractivity contribution in [2.24, 2.45) is 0 Å². The van der Waals surface area contributed by atoms with Crippen LogP contribution in [0, 0.1) is 11.6 Å². The molecule has 2 rings (SSSR count). The largest absolute Gasteiger partial charge is 0.328 e. The maximum Gasteiger partial charge on any atom is 0.255 e. The lowest BCUT2D eigenvalue weighted by molar-refractivity contribution is 0.510. The zero-order valence-corrected chi connectivity index (χ0v) is 9.47. The fourth-order valence-electron chi connectivity index (χ4n) is 1.79. The van der Waals surface area contributed by atoms with Crippen molar-refractivity contribution in [1.29, 1.82) is 0 Å². The highest BCUT2D eigenvalue weighted by Crippen LogP contribution is 2.23. The minimum Gasteiger partial charge on any atom is -0.328 e. The number of nitrogens with one attached hydrogen (secondary N) is 2. The minimum atomic E-state index is -1.02. The zero-order chi connectivity index (χ0) is 12.6. The van der Waals surface area contributed by atoms with Crippen molar-refractivity contribution >= 4 is 10.8 Å². The zero-order valence-electron chi connectivity index (χ0n) is 9.47. The van der Waals surface area contributed by atoms with Crippen molar-refractivity contribution < 1.29 is 8.78 Å². The summed E-state index contributed by atoms with van der Waals surface area (Å²) in [5.41, 5.74) is 0.298. The van der Waals surface area contributed by atoms with Gasteiger partial charge in [-0.25, -0.2) is 8.78 Å². The first-order chi connectivity index (χ1) is 8.04. The molecule has 1 aromatic carbocycles. The Balaban J connectivity index is 2.84. The van der Waals surface area contributed by atoms with Crippen LogP contribution in [0.4, 0.5) is 8.78 Å². The van der Waals surface area contributed by atoms with Gasteiger partial charge in [-0.3, -0.25) is 4.79 Å². The van der Waals surface area contributed by atoms with E-state index < -0.39 is 17.2 Å². The van der Waals surface area contributed by atoms with Gasteiger partial charge in [0, 0.05) is 12.2 Å². The highest BCUT2D eigenvalue weighted by Gasteiger charge is 2.13. The summed E-state index contributed by atoms with van der Waals surface area (Å²) in [5, 5.41) is 3.57. The van der Waals surface area contributed by atoms with Crippen LogP contribution in [0.3, 0.4) is 0 Å². The minimum absolute atomic E-state index is 0.0702. The van der Waals surface area contributed by atoms with Gasteiger partial charge in [-0.1, -0.05) is 0 Å². The quantitative estimate of drug-likeness (QED) is 0.841. The van der Waals surface area contributed by atoms with Crippen molar-refractivity contribution in [1.82, 2.24) is 10.3 Å². The van der Waals surface area contributed by atoms with Gasteiger partial charge in [0.2, 0.25) is 0 Å². The summed E-state index contributed by atoms with van der Waals surface area (Å²) in [5.74, 6) is -1.97. The van der Waals surface area contributed by atoms with Crippen LogP contribution in [0.25, 0.3) is 10.8 Å². The van der Waals surface area contributed by atoms with Gasteiger partial charge in [0.1, 0.15) is 0 Å². The van der Waals surface area contributed by atoms with Crippen LogP contribution in [-0.4, -0.2) is 12.0 Å². The molecule has 2 aromatic rings. The maximum atomic E-state index is 13.2. The van der Waals surface area contributed by atoms with E-state index in [0.717, 1.165) is 17.7 Å². The second kappa shape index (κ2) is 4.25. The summed E-state index contributed by atoms with van der Waals surface area (Å²) >= 11 is 0. The Morgan fingerprint density at radius 1 is 1.24 bits per heavy atom. The maximum absolute atomic E-state index is 13.2. The van der Waals surface area contributed by atoms with E-state index in [4.69, 9.17) is 0 Å². The lowest BCUT2D eigenvalue weighted by Crippen LogP contribution is -2.16. The van der Waals surface area contributed by atoms with Crippen LogP contribution in [0.1, 0.15) is 18.5 Å². The van der Waals surface area contributed by atoms with E-state index in [1.807, 2.05) is 6.92 Å². The number of halogens is 2. The van der Waals surface area contributed by atoms with E-state index >= 15 is 0 Å². The van der Waals surface area contributed by atoms with Gasteiger partial charge in [0.05, 0.1) is 5.39 Å². The third kappa shape index (κ3) is 1.93. The number of hydrogen-bond acceptors (Lipinski definition) is 2. The number of pyridine rings is 1. The molecule has 3 nitrogen and oxygen atoms in total. The van der Waals surface area contributed by atoms with E-state index in [1.165, 1.54) is 6.20 Å². The third-order valence-electron chi connectivity index (χ3n) is 2.87. The molecular formula is C12H12F2N2O. The van der Waals surface area contributed by atoms with Crippen LogP contribution < -0.4 is 10.9 Å². The van der Waals surface area contributed by atoms with Crippen LogP contribution in [0.15, 0.2) is 23.1 Å². The molecule has 0 aliphatic heterocycles. The lowest BCUT2D eigenvalue weighted by atomic mass is 10.0. The van der Waals surface area contributed by atoms with Gasteiger partial charge in [-0.05, 0) is 37.1 Å². The lowest BCUT2D eigenvalue weighted by Gasteiger charge is -2.13. The number of H-pyrrole nitrogens is 1. The van der Waals surface area contributed by atoms with Gasteiger partial charge >= 0.3 is 0 Å². The molecule has 0 spiro atoms. The number of aromatic amines is 1.